The Bertz CT molecular complexity index is 1080. The largest absolute Gasteiger partial charge is 0.454 e. The Labute approximate surface area is 183 Å². The minimum atomic E-state index is -0.462. The smallest absolute Gasteiger partial charge is 0.341 e. The number of esters is 1. The van der Waals surface area contributed by atoms with E-state index in [-0.39, 0.29) is 17.2 Å². The number of nitrogens with zero attached hydrogens (tertiary/aromatic N) is 1. The van der Waals surface area contributed by atoms with Gasteiger partial charge in [0.1, 0.15) is 11.9 Å². The number of benzene rings is 2. The van der Waals surface area contributed by atoms with E-state index in [1.54, 1.807) is 12.1 Å². The fraction of sp³-hybridized carbons (Fsp3) is 0.423. The summed E-state index contributed by atoms with van der Waals surface area (Å²) in [6.07, 6.45) is 1.75. The first kappa shape index (κ1) is 21.6. The highest BCUT2D eigenvalue weighted by atomic mass is 19.1. The zero-order valence-electron chi connectivity index (χ0n) is 18.8. The third kappa shape index (κ3) is 4.24. The van der Waals surface area contributed by atoms with Gasteiger partial charge in [-0.1, -0.05) is 32.0 Å². The second-order valence-corrected chi connectivity index (χ2v) is 8.98. The summed E-state index contributed by atoms with van der Waals surface area (Å²) in [5, 5.41) is 0.908. The Morgan fingerprint density at radius 2 is 1.87 bits per heavy atom. The van der Waals surface area contributed by atoms with Crippen LogP contribution in [0.4, 0.5) is 4.39 Å². The second kappa shape index (κ2) is 8.46. The number of piperidine rings is 1. The summed E-state index contributed by atoms with van der Waals surface area (Å²) < 4.78 is 19.0. The van der Waals surface area contributed by atoms with Crippen molar-refractivity contribution in [1.82, 2.24) is 9.88 Å². The number of nitrogens with one attached hydrogen (secondary N) is 1. The van der Waals surface area contributed by atoms with Gasteiger partial charge >= 0.3 is 5.97 Å². The zero-order chi connectivity index (χ0) is 22.2. The van der Waals surface area contributed by atoms with Crippen molar-refractivity contribution in [3.8, 4) is 0 Å². The third-order valence-corrected chi connectivity index (χ3v) is 6.92. The molecular formula is C26H31FN2O2. The molecule has 4 rings (SSSR count). The van der Waals surface area contributed by atoms with E-state index in [1.165, 1.54) is 17.7 Å². The zero-order valence-corrected chi connectivity index (χ0v) is 18.8. The van der Waals surface area contributed by atoms with Crippen molar-refractivity contribution < 1.29 is 13.9 Å². The van der Waals surface area contributed by atoms with Gasteiger partial charge in [0.25, 0.3) is 0 Å². The van der Waals surface area contributed by atoms with Gasteiger partial charge < -0.3 is 14.6 Å². The van der Waals surface area contributed by atoms with Crippen LogP contribution in [0.15, 0.2) is 42.5 Å². The molecule has 0 aliphatic carbocycles. The molecule has 4 nitrogen and oxygen atoms in total. The number of rotatable bonds is 5. The lowest BCUT2D eigenvalue weighted by Gasteiger charge is -2.39. The van der Waals surface area contributed by atoms with E-state index >= 15 is 0 Å². The first-order valence-electron chi connectivity index (χ1n) is 11.1. The molecule has 0 bridgehead atoms. The Balaban J connectivity index is 1.62. The SMILES string of the molecule is CCN1CCC(C)(c2ccc3[nH]c(C)c(C(=O)OC(C)c4ccc(F)cc4)c3c2)CC1. The summed E-state index contributed by atoms with van der Waals surface area (Å²) in [5.41, 5.74) is 4.47. The van der Waals surface area contributed by atoms with Crippen LogP contribution in [0.1, 0.15) is 66.9 Å². The number of halogens is 1. The van der Waals surface area contributed by atoms with Gasteiger partial charge in [-0.2, -0.15) is 0 Å². The lowest BCUT2D eigenvalue weighted by atomic mass is 9.74. The highest BCUT2D eigenvalue weighted by Crippen LogP contribution is 2.37. The minimum absolute atomic E-state index is 0.105. The standard InChI is InChI=1S/C26H31FN2O2/c1-5-29-14-12-26(4,13-15-29)20-8-11-23-22(16-20)24(17(2)28-23)25(30)31-18(3)19-6-9-21(27)10-7-19/h6-11,16,18,28H,5,12-15H2,1-4H3. The molecular weight excluding hydrogens is 391 g/mol. The molecule has 1 aliphatic rings. The number of hydrogen-bond acceptors (Lipinski definition) is 3. The van der Waals surface area contributed by atoms with E-state index < -0.39 is 6.10 Å². The number of likely N-dealkylation sites (tertiary alicyclic amines) is 1. The molecule has 164 valence electrons. The lowest BCUT2D eigenvalue weighted by Crippen LogP contribution is -2.40. The van der Waals surface area contributed by atoms with Crippen LogP contribution in [0.3, 0.4) is 0 Å². The van der Waals surface area contributed by atoms with Gasteiger partial charge in [-0.3, -0.25) is 0 Å². The van der Waals surface area contributed by atoms with E-state index in [4.69, 9.17) is 4.74 Å². The number of ether oxygens (including phenoxy) is 1. The molecule has 0 radical (unpaired) electrons. The maximum atomic E-state index is 13.2. The van der Waals surface area contributed by atoms with Crippen LogP contribution < -0.4 is 0 Å². The summed E-state index contributed by atoms with van der Waals surface area (Å²) in [4.78, 5) is 18.9. The fourth-order valence-corrected chi connectivity index (χ4v) is 4.64. The lowest BCUT2D eigenvalue weighted by molar-refractivity contribution is 0.0339. The third-order valence-electron chi connectivity index (χ3n) is 6.92. The van der Waals surface area contributed by atoms with Gasteiger partial charge in [-0.05, 0) is 87.1 Å². The summed E-state index contributed by atoms with van der Waals surface area (Å²) in [5.74, 6) is -0.663. The molecule has 2 aromatic carbocycles. The molecule has 1 N–H and O–H groups in total. The number of hydrogen-bond donors (Lipinski definition) is 1. The molecule has 2 heterocycles. The second-order valence-electron chi connectivity index (χ2n) is 8.98. The van der Waals surface area contributed by atoms with E-state index in [1.807, 2.05) is 13.8 Å². The number of carbonyl (C=O) groups excluding carboxylic acids is 1. The molecule has 1 atom stereocenters. The molecule has 0 saturated carbocycles. The predicted octanol–water partition coefficient (Wildman–Crippen LogP) is 5.91. The average molecular weight is 423 g/mol. The molecule has 1 aliphatic heterocycles. The molecule has 5 heteroatoms. The maximum Gasteiger partial charge on any atom is 0.341 e. The van der Waals surface area contributed by atoms with Gasteiger partial charge in [0.15, 0.2) is 0 Å². The van der Waals surface area contributed by atoms with Crippen LogP contribution in [0.5, 0.6) is 0 Å². The van der Waals surface area contributed by atoms with Crippen molar-refractivity contribution in [3.05, 3.63) is 70.7 Å². The molecule has 1 aromatic heterocycles. The first-order chi connectivity index (χ1) is 14.8. The predicted molar refractivity (Wildman–Crippen MR) is 122 cm³/mol. The number of fused-ring (bicyclic) bond motifs is 1. The van der Waals surface area contributed by atoms with Crippen LogP contribution in [0.2, 0.25) is 0 Å². The Hall–Kier alpha value is -2.66. The van der Waals surface area contributed by atoms with Crippen LogP contribution in [-0.2, 0) is 10.2 Å². The van der Waals surface area contributed by atoms with Crippen molar-refractivity contribution in [2.45, 2.75) is 52.1 Å². The van der Waals surface area contributed by atoms with Crippen molar-refractivity contribution in [3.63, 3.8) is 0 Å². The number of H-pyrrole nitrogens is 1. The molecule has 1 saturated heterocycles. The fourth-order valence-electron chi connectivity index (χ4n) is 4.64. The molecule has 1 unspecified atom stereocenters. The van der Waals surface area contributed by atoms with Crippen LogP contribution in [0.25, 0.3) is 10.9 Å². The summed E-state index contributed by atoms with van der Waals surface area (Å²) in [6.45, 7) is 11.5. The average Bonchev–Trinajstić information content (AvgIpc) is 3.09. The van der Waals surface area contributed by atoms with Crippen LogP contribution in [-0.4, -0.2) is 35.5 Å². The van der Waals surface area contributed by atoms with E-state index in [2.05, 4.69) is 41.9 Å². The summed E-state index contributed by atoms with van der Waals surface area (Å²) in [7, 11) is 0. The number of aryl methyl sites for hydroxylation is 1. The first-order valence-corrected chi connectivity index (χ1v) is 11.1. The normalized spacial score (nSPS) is 17.6. The van der Waals surface area contributed by atoms with E-state index in [9.17, 15) is 9.18 Å². The van der Waals surface area contributed by atoms with Gasteiger partial charge in [0.2, 0.25) is 0 Å². The monoisotopic (exact) mass is 422 g/mol. The summed E-state index contributed by atoms with van der Waals surface area (Å²) in [6, 6.07) is 12.5. The van der Waals surface area contributed by atoms with E-state index in [0.29, 0.717) is 5.56 Å². The van der Waals surface area contributed by atoms with Gasteiger partial charge in [0.05, 0.1) is 5.56 Å². The quantitative estimate of drug-likeness (QED) is 0.520. The molecule has 0 spiro atoms. The Kier molecular flexibility index (Phi) is 5.89. The Morgan fingerprint density at radius 3 is 2.52 bits per heavy atom. The minimum Gasteiger partial charge on any atom is -0.454 e. The molecule has 0 amide bonds. The van der Waals surface area contributed by atoms with Crippen molar-refractivity contribution in [2.24, 2.45) is 0 Å². The highest BCUT2D eigenvalue weighted by Gasteiger charge is 2.32. The molecule has 3 aromatic rings. The van der Waals surface area contributed by atoms with E-state index in [0.717, 1.165) is 54.6 Å². The van der Waals surface area contributed by atoms with Gasteiger partial charge in [0, 0.05) is 16.6 Å². The Morgan fingerprint density at radius 1 is 1.19 bits per heavy atom. The van der Waals surface area contributed by atoms with Gasteiger partial charge in [-0.25, -0.2) is 9.18 Å². The number of aromatic nitrogens is 1. The highest BCUT2D eigenvalue weighted by molar-refractivity contribution is 6.05. The maximum absolute atomic E-state index is 13.2. The van der Waals surface area contributed by atoms with Crippen molar-refractivity contribution in [1.29, 1.82) is 0 Å². The van der Waals surface area contributed by atoms with Crippen LogP contribution >= 0.6 is 0 Å². The topological polar surface area (TPSA) is 45.3 Å². The van der Waals surface area contributed by atoms with Crippen molar-refractivity contribution in [2.75, 3.05) is 19.6 Å². The summed E-state index contributed by atoms with van der Waals surface area (Å²) >= 11 is 0. The number of carbonyl (C=O) groups is 1. The molecule has 1 fully saturated rings. The van der Waals surface area contributed by atoms with Gasteiger partial charge in [-0.15, -0.1) is 0 Å². The molecule has 31 heavy (non-hydrogen) atoms. The number of aromatic amines is 1. The van der Waals surface area contributed by atoms with Crippen LogP contribution in [0, 0.1) is 12.7 Å². The van der Waals surface area contributed by atoms with Crippen molar-refractivity contribution >= 4 is 16.9 Å².